The number of rotatable bonds is 6. The number of hydrogen-bond acceptors (Lipinski definition) is 6. The Morgan fingerprint density at radius 3 is 2.69 bits per heavy atom. The molecule has 2 aromatic heterocycles. The number of amides is 1. The van der Waals surface area contributed by atoms with Gasteiger partial charge in [0.05, 0.1) is 10.5 Å². The zero-order valence-electron chi connectivity index (χ0n) is 17.4. The van der Waals surface area contributed by atoms with E-state index in [1.807, 2.05) is 32.9 Å². The van der Waals surface area contributed by atoms with E-state index in [1.165, 1.54) is 16.2 Å². The Morgan fingerprint density at radius 1 is 1.31 bits per heavy atom. The maximum absolute atomic E-state index is 13.3. The Morgan fingerprint density at radius 2 is 2.03 bits per heavy atom. The summed E-state index contributed by atoms with van der Waals surface area (Å²) in [6, 6.07) is 3.76. The van der Waals surface area contributed by atoms with Crippen LogP contribution in [0, 0.1) is 12.8 Å². The number of pyridine rings is 1. The van der Waals surface area contributed by atoms with E-state index in [2.05, 4.69) is 19.2 Å². The van der Waals surface area contributed by atoms with Crippen LogP contribution in [0.5, 0.6) is 0 Å². The predicted molar refractivity (Wildman–Crippen MR) is 124 cm³/mol. The van der Waals surface area contributed by atoms with E-state index >= 15 is 0 Å². The van der Waals surface area contributed by atoms with Crippen molar-refractivity contribution in [2.75, 3.05) is 11.9 Å². The number of anilines is 1. The summed E-state index contributed by atoms with van der Waals surface area (Å²) in [6.07, 6.45) is 4.14. The number of aryl methyl sites for hydroxylation is 1. The van der Waals surface area contributed by atoms with E-state index in [-0.39, 0.29) is 17.5 Å². The average molecular weight is 431 g/mol. The van der Waals surface area contributed by atoms with Crippen LogP contribution < -0.4 is 10.9 Å². The van der Waals surface area contributed by atoms with Gasteiger partial charge < -0.3 is 5.32 Å². The van der Waals surface area contributed by atoms with Crippen molar-refractivity contribution in [3.8, 4) is 0 Å². The number of thiocarbonyl (C=S) groups is 1. The first-order valence-corrected chi connectivity index (χ1v) is 11.0. The van der Waals surface area contributed by atoms with Gasteiger partial charge in [0.15, 0.2) is 0 Å². The summed E-state index contributed by atoms with van der Waals surface area (Å²) in [5.74, 6) is 0.716. The van der Waals surface area contributed by atoms with Crippen molar-refractivity contribution in [3.63, 3.8) is 0 Å². The Labute approximate surface area is 180 Å². The third-order valence-electron chi connectivity index (χ3n) is 4.89. The fraction of sp³-hybridized carbons (Fsp3) is 0.429. The van der Waals surface area contributed by atoms with Gasteiger partial charge in [-0.1, -0.05) is 50.8 Å². The first-order valence-electron chi connectivity index (χ1n) is 9.77. The molecule has 3 rings (SSSR count). The normalized spacial score (nSPS) is 17.0. The molecule has 8 heteroatoms. The van der Waals surface area contributed by atoms with E-state index in [0.29, 0.717) is 38.7 Å². The van der Waals surface area contributed by atoms with Crippen LogP contribution >= 0.6 is 24.0 Å². The molecule has 0 saturated carbocycles. The lowest BCUT2D eigenvalue weighted by atomic mass is 10.2. The third kappa shape index (κ3) is 4.23. The highest BCUT2D eigenvalue weighted by Gasteiger charge is 2.35. The van der Waals surface area contributed by atoms with Gasteiger partial charge in [-0.2, -0.15) is 0 Å². The first-order chi connectivity index (χ1) is 13.7. The van der Waals surface area contributed by atoms with Crippen LogP contribution in [0.4, 0.5) is 5.82 Å². The molecule has 6 nitrogen and oxygen atoms in total. The van der Waals surface area contributed by atoms with Crippen LogP contribution in [-0.4, -0.2) is 37.1 Å². The minimum atomic E-state index is -0.209. The van der Waals surface area contributed by atoms with Crippen molar-refractivity contribution >= 4 is 51.7 Å². The maximum Gasteiger partial charge on any atom is 0.267 e. The highest BCUT2D eigenvalue weighted by molar-refractivity contribution is 8.26. The number of thioether (sulfide) groups is 1. The molecular weight excluding hydrogens is 404 g/mol. The molecule has 29 heavy (non-hydrogen) atoms. The summed E-state index contributed by atoms with van der Waals surface area (Å²) >= 11 is 6.65. The van der Waals surface area contributed by atoms with Gasteiger partial charge in [-0.05, 0) is 43.9 Å². The van der Waals surface area contributed by atoms with Crippen LogP contribution in [0.3, 0.4) is 0 Å². The van der Waals surface area contributed by atoms with Crippen LogP contribution in [0.2, 0.25) is 0 Å². The fourth-order valence-corrected chi connectivity index (χ4v) is 4.49. The topological polar surface area (TPSA) is 66.7 Å². The van der Waals surface area contributed by atoms with E-state index in [0.717, 1.165) is 12.0 Å². The smallest absolute Gasteiger partial charge is 0.267 e. The molecule has 1 saturated heterocycles. The molecule has 1 amide bonds. The zero-order valence-corrected chi connectivity index (χ0v) is 19.0. The van der Waals surface area contributed by atoms with E-state index in [4.69, 9.17) is 17.2 Å². The van der Waals surface area contributed by atoms with Crippen molar-refractivity contribution in [1.29, 1.82) is 0 Å². The van der Waals surface area contributed by atoms with Gasteiger partial charge in [-0.15, -0.1) is 0 Å². The lowest BCUT2D eigenvalue weighted by molar-refractivity contribution is -0.123. The molecule has 1 fully saturated rings. The molecule has 0 bridgehead atoms. The molecule has 0 spiro atoms. The summed E-state index contributed by atoms with van der Waals surface area (Å²) in [7, 11) is 0. The monoisotopic (exact) mass is 430 g/mol. The van der Waals surface area contributed by atoms with Crippen LogP contribution in [-0.2, 0) is 4.79 Å². The lowest BCUT2D eigenvalue weighted by Crippen LogP contribution is -2.36. The summed E-state index contributed by atoms with van der Waals surface area (Å²) < 4.78 is 2.05. The van der Waals surface area contributed by atoms with Crippen molar-refractivity contribution in [2.24, 2.45) is 5.92 Å². The van der Waals surface area contributed by atoms with Gasteiger partial charge in [0.2, 0.25) is 0 Å². The molecule has 1 unspecified atom stereocenters. The summed E-state index contributed by atoms with van der Waals surface area (Å²) in [6.45, 7) is 10.8. The predicted octanol–water partition coefficient (Wildman–Crippen LogP) is 4.07. The molecule has 0 radical (unpaired) electrons. The van der Waals surface area contributed by atoms with Crippen LogP contribution in [0.25, 0.3) is 11.7 Å². The minimum absolute atomic E-state index is 0.0189. The average Bonchev–Trinajstić information content (AvgIpc) is 2.96. The molecule has 2 aromatic rings. The largest absolute Gasteiger partial charge is 0.369 e. The number of nitrogens with zero attached hydrogens (tertiary/aromatic N) is 3. The number of nitrogens with one attached hydrogen (secondary N) is 1. The summed E-state index contributed by atoms with van der Waals surface area (Å²) in [4.78, 5) is 33.0. The Balaban J connectivity index is 2.15. The molecule has 0 aromatic carbocycles. The Bertz CT molecular complexity index is 1060. The minimum Gasteiger partial charge on any atom is -0.369 e. The van der Waals surface area contributed by atoms with E-state index < -0.39 is 0 Å². The first kappa shape index (κ1) is 21.5. The number of aromatic nitrogens is 2. The molecule has 1 atom stereocenters. The second-order valence-corrected chi connectivity index (χ2v) is 9.32. The van der Waals surface area contributed by atoms with Gasteiger partial charge in [-0.3, -0.25) is 18.9 Å². The van der Waals surface area contributed by atoms with Crippen molar-refractivity contribution in [3.05, 3.63) is 44.7 Å². The Hall–Kier alpha value is -2.19. The highest BCUT2D eigenvalue weighted by Crippen LogP contribution is 2.34. The molecule has 1 aliphatic heterocycles. The number of fused-ring (bicyclic) bond motifs is 1. The van der Waals surface area contributed by atoms with E-state index in [9.17, 15) is 9.59 Å². The Kier molecular flexibility index (Phi) is 6.43. The molecular formula is C21H26N4O2S2. The van der Waals surface area contributed by atoms with Gasteiger partial charge in [0, 0.05) is 18.8 Å². The molecule has 3 heterocycles. The van der Waals surface area contributed by atoms with Crippen molar-refractivity contribution < 1.29 is 4.79 Å². The second-order valence-electron chi connectivity index (χ2n) is 7.65. The molecule has 1 N–H and O–H groups in total. The zero-order chi connectivity index (χ0) is 21.3. The number of carbonyl (C=O) groups is 1. The van der Waals surface area contributed by atoms with Crippen molar-refractivity contribution in [1.82, 2.24) is 14.3 Å². The van der Waals surface area contributed by atoms with Crippen molar-refractivity contribution in [2.45, 2.75) is 47.1 Å². The van der Waals surface area contributed by atoms with Crippen LogP contribution in [0.15, 0.2) is 28.0 Å². The standard InChI is InChI=1S/C21H26N4O2S2/c1-6-14(5)25-20(27)16(29-21(25)28)10-15-17(22-11-12(2)3)23-18-13(4)8-7-9-24(18)19(15)26/h7-10,12,14,22H,6,11H2,1-5H3/b16-10-. The quantitative estimate of drug-likeness (QED) is 0.550. The van der Waals surface area contributed by atoms with Gasteiger partial charge in [0.1, 0.15) is 15.8 Å². The van der Waals surface area contributed by atoms with Gasteiger partial charge in [-0.25, -0.2) is 4.98 Å². The van der Waals surface area contributed by atoms with Gasteiger partial charge in [0.25, 0.3) is 11.5 Å². The molecule has 1 aliphatic rings. The maximum atomic E-state index is 13.3. The summed E-state index contributed by atoms with van der Waals surface area (Å²) in [5, 5.41) is 3.28. The number of carbonyl (C=O) groups excluding carboxylic acids is 1. The third-order valence-corrected chi connectivity index (χ3v) is 6.22. The lowest BCUT2D eigenvalue weighted by Gasteiger charge is -2.21. The highest BCUT2D eigenvalue weighted by atomic mass is 32.2. The second kappa shape index (κ2) is 8.67. The molecule has 154 valence electrons. The fourth-order valence-electron chi connectivity index (χ4n) is 3.05. The molecule has 0 aliphatic carbocycles. The van der Waals surface area contributed by atoms with E-state index in [1.54, 1.807) is 17.2 Å². The SMILES string of the molecule is CCC(C)N1C(=O)/C(=C/c2c(NCC(C)C)nc3c(C)cccn3c2=O)SC1=S. The number of hydrogen-bond donors (Lipinski definition) is 1. The summed E-state index contributed by atoms with van der Waals surface area (Å²) in [5.41, 5.74) is 1.68. The van der Waals surface area contributed by atoms with Crippen LogP contribution in [0.1, 0.15) is 45.2 Å². The van der Waals surface area contributed by atoms with Gasteiger partial charge >= 0.3 is 0 Å².